The number of aliphatic carboxylic acids is 1. The lowest BCUT2D eigenvalue weighted by Crippen LogP contribution is -2.31. The molecule has 1 saturated heterocycles. The van der Waals surface area contributed by atoms with Crippen LogP contribution in [-0.2, 0) is 9.59 Å². The Bertz CT molecular complexity index is 281. The fourth-order valence-electron chi connectivity index (χ4n) is 1.76. The SMILES string of the molecule is CC(C)CCSCC(=O)N1CCC(C(=O)O)C1. The number of carbonyl (C=O) groups is 2. The summed E-state index contributed by atoms with van der Waals surface area (Å²) in [5, 5.41) is 8.84. The first-order chi connectivity index (χ1) is 8.00. The van der Waals surface area contributed by atoms with E-state index >= 15 is 0 Å². The molecule has 0 aromatic carbocycles. The average Bonchev–Trinajstić information content (AvgIpc) is 2.73. The van der Waals surface area contributed by atoms with Gasteiger partial charge in [0.25, 0.3) is 0 Å². The molecular formula is C12H21NO3S. The third-order valence-electron chi connectivity index (χ3n) is 2.96. The molecule has 4 nitrogen and oxygen atoms in total. The van der Waals surface area contributed by atoms with Gasteiger partial charge < -0.3 is 10.0 Å². The molecule has 0 aliphatic carbocycles. The maximum absolute atomic E-state index is 11.8. The summed E-state index contributed by atoms with van der Waals surface area (Å²) in [5.41, 5.74) is 0. The van der Waals surface area contributed by atoms with E-state index in [-0.39, 0.29) is 11.8 Å². The van der Waals surface area contributed by atoms with E-state index in [1.54, 1.807) is 16.7 Å². The van der Waals surface area contributed by atoms with E-state index in [2.05, 4.69) is 13.8 Å². The number of carboxylic acid groups (broad SMARTS) is 1. The van der Waals surface area contributed by atoms with Gasteiger partial charge in [0.2, 0.25) is 5.91 Å². The van der Waals surface area contributed by atoms with Gasteiger partial charge in [-0.2, -0.15) is 11.8 Å². The molecule has 1 atom stereocenters. The van der Waals surface area contributed by atoms with E-state index in [1.807, 2.05) is 0 Å². The fraction of sp³-hybridized carbons (Fsp3) is 0.833. The summed E-state index contributed by atoms with van der Waals surface area (Å²) < 4.78 is 0. The second-order valence-electron chi connectivity index (χ2n) is 4.90. The molecule has 17 heavy (non-hydrogen) atoms. The number of hydrogen-bond acceptors (Lipinski definition) is 3. The summed E-state index contributed by atoms with van der Waals surface area (Å²) in [6.45, 7) is 5.32. The van der Waals surface area contributed by atoms with Crippen molar-refractivity contribution in [2.24, 2.45) is 11.8 Å². The van der Waals surface area contributed by atoms with Crippen LogP contribution in [0.4, 0.5) is 0 Å². The number of nitrogens with zero attached hydrogens (tertiary/aromatic N) is 1. The third-order valence-corrected chi connectivity index (χ3v) is 3.93. The van der Waals surface area contributed by atoms with Gasteiger partial charge in [-0.15, -0.1) is 0 Å². The minimum atomic E-state index is -0.784. The Balaban J connectivity index is 2.19. The van der Waals surface area contributed by atoms with E-state index in [9.17, 15) is 9.59 Å². The van der Waals surface area contributed by atoms with Crippen LogP contribution in [0.3, 0.4) is 0 Å². The molecule has 1 N–H and O–H groups in total. The van der Waals surface area contributed by atoms with Crippen molar-refractivity contribution in [1.29, 1.82) is 0 Å². The molecule has 1 rings (SSSR count). The summed E-state index contributed by atoms with van der Waals surface area (Å²) in [6, 6.07) is 0. The summed E-state index contributed by atoms with van der Waals surface area (Å²) in [6.07, 6.45) is 1.72. The molecule has 1 fully saturated rings. The Hall–Kier alpha value is -0.710. The highest BCUT2D eigenvalue weighted by Crippen LogP contribution is 2.18. The van der Waals surface area contributed by atoms with Gasteiger partial charge in [-0.05, 0) is 24.5 Å². The molecule has 1 aliphatic rings. The largest absolute Gasteiger partial charge is 0.481 e. The number of rotatable bonds is 6. The molecular weight excluding hydrogens is 238 g/mol. The van der Waals surface area contributed by atoms with Crippen LogP contribution in [0.25, 0.3) is 0 Å². The maximum Gasteiger partial charge on any atom is 0.308 e. The van der Waals surface area contributed by atoms with E-state index < -0.39 is 5.97 Å². The van der Waals surface area contributed by atoms with Crippen molar-refractivity contribution in [1.82, 2.24) is 4.90 Å². The van der Waals surface area contributed by atoms with Gasteiger partial charge in [0.1, 0.15) is 0 Å². The molecule has 0 aromatic heterocycles. The molecule has 98 valence electrons. The predicted octanol–water partition coefficient (Wildman–Crippen LogP) is 1.70. The summed E-state index contributed by atoms with van der Waals surface area (Å²) in [7, 11) is 0. The van der Waals surface area contributed by atoms with Gasteiger partial charge in [0, 0.05) is 13.1 Å². The lowest BCUT2D eigenvalue weighted by molar-refractivity contribution is -0.141. The standard InChI is InChI=1S/C12H21NO3S/c1-9(2)4-6-17-8-11(14)13-5-3-10(7-13)12(15)16/h9-10H,3-8H2,1-2H3,(H,15,16). The van der Waals surface area contributed by atoms with Crippen LogP contribution in [-0.4, -0.2) is 46.5 Å². The zero-order chi connectivity index (χ0) is 12.8. The zero-order valence-electron chi connectivity index (χ0n) is 10.5. The van der Waals surface area contributed by atoms with Crippen LogP contribution in [0.15, 0.2) is 0 Å². The smallest absolute Gasteiger partial charge is 0.308 e. The molecule has 1 aliphatic heterocycles. The van der Waals surface area contributed by atoms with Gasteiger partial charge in [-0.3, -0.25) is 9.59 Å². The van der Waals surface area contributed by atoms with E-state index in [4.69, 9.17) is 5.11 Å². The molecule has 1 heterocycles. The molecule has 0 radical (unpaired) electrons. The van der Waals surface area contributed by atoms with Crippen molar-refractivity contribution in [2.75, 3.05) is 24.6 Å². The number of likely N-dealkylation sites (tertiary alicyclic amines) is 1. The van der Waals surface area contributed by atoms with Crippen molar-refractivity contribution in [3.8, 4) is 0 Å². The highest BCUT2D eigenvalue weighted by atomic mass is 32.2. The van der Waals surface area contributed by atoms with Crippen LogP contribution >= 0.6 is 11.8 Å². The second-order valence-corrected chi connectivity index (χ2v) is 6.00. The predicted molar refractivity (Wildman–Crippen MR) is 69.1 cm³/mol. The van der Waals surface area contributed by atoms with Gasteiger partial charge in [0.15, 0.2) is 0 Å². The summed E-state index contributed by atoms with van der Waals surface area (Å²) >= 11 is 1.65. The van der Waals surface area contributed by atoms with Crippen LogP contribution in [0.1, 0.15) is 26.7 Å². The maximum atomic E-state index is 11.8. The molecule has 1 amide bonds. The number of hydrogen-bond donors (Lipinski definition) is 1. The van der Waals surface area contributed by atoms with Crippen molar-refractivity contribution in [3.63, 3.8) is 0 Å². The molecule has 1 unspecified atom stereocenters. The first-order valence-corrected chi connectivity index (χ1v) is 7.24. The van der Waals surface area contributed by atoms with Gasteiger partial charge >= 0.3 is 5.97 Å². The van der Waals surface area contributed by atoms with Crippen LogP contribution in [0.5, 0.6) is 0 Å². The Morgan fingerprint density at radius 3 is 2.71 bits per heavy atom. The topological polar surface area (TPSA) is 57.6 Å². The molecule has 5 heteroatoms. The van der Waals surface area contributed by atoms with E-state index in [0.29, 0.717) is 31.2 Å². The normalized spacial score (nSPS) is 19.9. The fourth-order valence-corrected chi connectivity index (χ4v) is 2.90. The third kappa shape index (κ3) is 4.98. The first-order valence-electron chi connectivity index (χ1n) is 6.09. The summed E-state index contributed by atoms with van der Waals surface area (Å²) in [5.74, 6) is 1.09. The van der Waals surface area contributed by atoms with E-state index in [0.717, 1.165) is 12.2 Å². The van der Waals surface area contributed by atoms with Crippen molar-refractivity contribution in [3.05, 3.63) is 0 Å². The Morgan fingerprint density at radius 2 is 2.18 bits per heavy atom. The number of carbonyl (C=O) groups excluding carboxylic acids is 1. The first kappa shape index (κ1) is 14.4. The van der Waals surface area contributed by atoms with Crippen LogP contribution in [0, 0.1) is 11.8 Å². The van der Waals surface area contributed by atoms with Crippen molar-refractivity contribution < 1.29 is 14.7 Å². The number of thioether (sulfide) groups is 1. The number of carboxylic acids is 1. The average molecular weight is 259 g/mol. The van der Waals surface area contributed by atoms with Crippen LogP contribution < -0.4 is 0 Å². The molecule has 0 aromatic rings. The monoisotopic (exact) mass is 259 g/mol. The zero-order valence-corrected chi connectivity index (χ0v) is 11.3. The van der Waals surface area contributed by atoms with Gasteiger partial charge in [0.05, 0.1) is 11.7 Å². The number of amides is 1. The highest BCUT2D eigenvalue weighted by Gasteiger charge is 2.30. The van der Waals surface area contributed by atoms with Crippen molar-refractivity contribution in [2.45, 2.75) is 26.7 Å². The molecule has 0 spiro atoms. The lowest BCUT2D eigenvalue weighted by Gasteiger charge is -2.15. The molecule has 0 saturated carbocycles. The minimum absolute atomic E-state index is 0.0857. The van der Waals surface area contributed by atoms with Gasteiger partial charge in [-0.1, -0.05) is 13.8 Å². The second kappa shape index (κ2) is 6.89. The van der Waals surface area contributed by atoms with Gasteiger partial charge in [-0.25, -0.2) is 0 Å². The Labute approximate surface area is 107 Å². The summed E-state index contributed by atoms with van der Waals surface area (Å²) in [4.78, 5) is 24.2. The van der Waals surface area contributed by atoms with E-state index in [1.165, 1.54) is 0 Å². The highest BCUT2D eigenvalue weighted by molar-refractivity contribution is 7.99. The Kier molecular flexibility index (Phi) is 5.82. The molecule has 0 bridgehead atoms. The quantitative estimate of drug-likeness (QED) is 0.738. The lowest BCUT2D eigenvalue weighted by atomic mass is 10.1. The van der Waals surface area contributed by atoms with Crippen molar-refractivity contribution >= 4 is 23.6 Å². The Morgan fingerprint density at radius 1 is 1.47 bits per heavy atom. The minimum Gasteiger partial charge on any atom is -0.481 e. The van der Waals surface area contributed by atoms with Crippen LogP contribution in [0.2, 0.25) is 0 Å².